The fourth-order valence-corrected chi connectivity index (χ4v) is 0.710. The van der Waals surface area contributed by atoms with E-state index in [0.717, 1.165) is 0 Å². The Morgan fingerprint density at radius 1 is 1.38 bits per heavy atom. The van der Waals surface area contributed by atoms with E-state index in [4.69, 9.17) is 0 Å². The van der Waals surface area contributed by atoms with Crippen LogP contribution >= 0.6 is 0 Å². The van der Waals surface area contributed by atoms with Gasteiger partial charge in [0.1, 0.15) is 0 Å². The van der Waals surface area contributed by atoms with Gasteiger partial charge in [0.05, 0.1) is 6.61 Å². The zero-order valence-corrected chi connectivity index (χ0v) is 8.05. The van der Waals surface area contributed by atoms with E-state index in [0.29, 0.717) is 18.6 Å². The van der Waals surface area contributed by atoms with Crippen LogP contribution in [0, 0.1) is 0 Å². The second-order valence-corrected chi connectivity index (χ2v) is 2.45. The Balaban J connectivity index is 3.70. The van der Waals surface area contributed by atoms with E-state index in [1.54, 1.807) is 13.8 Å². The van der Waals surface area contributed by atoms with Crippen molar-refractivity contribution >= 4 is 11.9 Å². The third-order valence-electron chi connectivity index (χ3n) is 1.44. The standard InChI is InChI=1S/C9H15NO3/c1-4-8(11)7(3)6-10-9(12)13-5-2/h3-6H2,1-2H3,(H,10,12). The Kier molecular flexibility index (Phi) is 5.59. The number of alkyl carbamates (subject to hydrolysis) is 1. The average Bonchev–Trinajstić information content (AvgIpc) is 2.13. The molecule has 0 unspecified atom stereocenters. The van der Waals surface area contributed by atoms with Crippen molar-refractivity contribution in [2.75, 3.05) is 13.2 Å². The zero-order chi connectivity index (χ0) is 10.3. The van der Waals surface area contributed by atoms with Gasteiger partial charge in [0.15, 0.2) is 5.78 Å². The van der Waals surface area contributed by atoms with Crippen LogP contribution in [0.5, 0.6) is 0 Å². The first-order chi connectivity index (χ1) is 6.11. The third-order valence-corrected chi connectivity index (χ3v) is 1.44. The number of Topliss-reactive ketones (excluding diaryl/α,β-unsaturated/α-hetero) is 1. The molecule has 0 aliphatic carbocycles. The minimum Gasteiger partial charge on any atom is -0.450 e. The first kappa shape index (κ1) is 11.7. The van der Waals surface area contributed by atoms with Gasteiger partial charge in [0, 0.05) is 18.5 Å². The van der Waals surface area contributed by atoms with Gasteiger partial charge in [-0.3, -0.25) is 4.79 Å². The maximum Gasteiger partial charge on any atom is 0.407 e. The summed E-state index contributed by atoms with van der Waals surface area (Å²) in [7, 11) is 0. The summed E-state index contributed by atoms with van der Waals surface area (Å²) in [5.41, 5.74) is 0.399. The normalized spacial score (nSPS) is 9.08. The highest BCUT2D eigenvalue weighted by molar-refractivity contribution is 5.95. The molecule has 13 heavy (non-hydrogen) atoms. The zero-order valence-electron chi connectivity index (χ0n) is 8.05. The van der Waals surface area contributed by atoms with Gasteiger partial charge in [0.2, 0.25) is 0 Å². The molecule has 0 bridgehead atoms. The van der Waals surface area contributed by atoms with Crippen LogP contribution < -0.4 is 5.32 Å². The molecule has 4 nitrogen and oxygen atoms in total. The molecule has 0 radical (unpaired) electrons. The molecule has 74 valence electrons. The van der Waals surface area contributed by atoms with Crippen molar-refractivity contribution < 1.29 is 14.3 Å². The summed E-state index contributed by atoms with van der Waals surface area (Å²) in [6, 6.07) is 0. The predicted octanol–water partition coefficient (Wildman–Crippen LogP) is 1.27. The molecule has 0 atom stereocenters. The van der Waals surface area contributed by atoms with Crippen molar-refractivity contribution in [2.45, 2.75) is 20.3 Å². The van der Waals surface area contributed by atoms with Crippen LogP contribution in [0.3, 0.4) is 0 Å². The Hall–Kier alpha value is -1.32. The number of ether oxygens (including phenoxy) is 1. The lowest BCUT2D eigenvalue weighted by Crippen LogP contribution is -2.27. The molecule has 0 rings (SSSR count). The maximum atomic E-state index is 11.0. The molecule has 0 fully saturated rings. The smallest absolute Gasteiger partial charge is 0.407 e. The lowest BCUT2D eigenvalue weighted by atomic mass is 10.1. The molecule has 1 N–H and O–H groups in total. The van der Waals surface area contributed by atoms with Crippen molar-refractivity contribution in [3.8, 4) is 0 Å². The Morgan fingerprint density at radius 2 is 2.00 bits per heavy atom. The molecule has 4 heteroatoms. The summed E-state index contributed by atoms with van der Waals surface area (Å²) in [5.74, 6) is -0.0446. The van der Waals surface area contributed by atoms with E-state index in [1.807, 2.05) is 0 Å². The van der Waals surface area contributed by atoms with Gasteiger partial charge in [-0.25, -0.2) is 4.79 Å². The third kappa shape index (κ3) is 5.00. The molecule has 0 heterocycles. The number of amides is 1. The number of carbonyl (C=O) groups excluding carboxylic acids is 2. The molecule has 1 amide bonds. The van der Waals surface area contributed by atoms with Gasteiger partial charge in [0.25, 0.3) is 0 Å². The van der Waals surface area contributed by atoms with Crippen molar-refractivity contribution in [3.63, 3.8) is 0 Å². The number of hydrogen-bond donors (Lipinski definition) is 1. The van der Waals surface area contributed by atoms with Gasteiger partial charge in [-0.05, 0) is 6.92 Å². The first-order valence-corrected chi connectivity index (χ1v) is 4.23. The predicted molar refractivity (Wildman–Crippen MR) is 49.5 cm³/mol. The number of rotatable bonds is 5. The van der Waals surface area contributed by atoms with E-state index in [1.165, 1.54) is 0 Å². The van der Waals surface area contributed by atoms with E-state index in [-0.39, 0.29) is 12.3 Å². The Bertz CT molecular complexity index is 211. The van der Waals surface area contributed by atoms with Crippen molar-refractivity contribution in [1.29, 1.82) is 0 Å². The topological polar surface area (TPSA) is 55.4 Å². The fraction of sp³-hybridized carbons (Fsp3) is 0.556. The quantitative estimate of drug-likeness (QED) is 0.656. The summed E-state index contributed by atoms with van der Waals surface area (Å²) < 4.78 is 4.60. The lowest BCUT2D eigenvalue weighted by molar-refractivity contribution is -0.115. The average molecular weight is 185 g/mol. The van der Waals surface area contributed by atoms with Crippen LogP contribution in [0.2, 0.25) is 0 Å². The van der Waals surface area contributed by atoms with Gasteiger partial charge < -0.3 is 10.1 Å². The minimum atomic E-state index is -0.521. The SMILES string of the molecule is C=C(CNC(=O)OCC)C(=O)CC. The highest BCUT2D eigenvalue weighted by Crippen LogP contribution is 1.94. The van der Waals surface area contributed by atoms with Gasteiger partial charge in [-0.1, -0.05) is 13.5 Å². The number of carbonyl (C=O) groups is 2. The molecule has 0 spiro atoms. The van der Waals surface area contributed by atoms with E-state index >= 15 is 0 Å². The lowest BCUT2D eigenvalue weighted by Gasteiger charge is -2.05. The maximum absolute atomic E-state index is 11.0. The van der Waals surface area contributed by atoms with Crippen LogP contribution in [-0.2, 0) is 9.53 Å². The van der Waals surface area contributed by atoms with Crippen LogP contribution in [0.4, 0.5) is 4.79 Å². The summed E-state index contributed by atoms with van der Waals surface area (Å²) >= 11 is 0. The number of nitrogens with one attached hydrogen (secondary N) is 1. The number of hydrogen-bond acceptors (Lipinski definition) is 3. The largest absolute Gasteiger partial charge is 0.450 e. The monoisotopic (exact) mass is 185 g/mol. The molecular weight excluding hydrogens is 170 g/mol. The Morgan fingerprint density at radius 3 is 2.46 bits per heavy atom. The van der Waals surface area contributed by atoms with Crippen LogP contribution in [-0.4, -0.2) is 25.0 Å². The molecule has 0 aliphatic rings. The van der Waals surface area contributed by atoms with Gasteiger partial charge in [-0.2, -0.15) is 0 Å². The minimum absolute atomic E-state index is 0.0446. The highest BCUT2D eigenvalue weighted by Gasteiger charge is 2.06. The summed E-state index contributed by atoms with van der Waals surface area (Å²) in [4.78, 5) is 21.8. The molecule has 0 saturated heterocycles. The first-order valence-electron chi connectivity index (χ1n) is 4.23. The molecular formula is C9H15NO3. The van der Waals surface area contributed by atoms with E-state index in [9.17, 15) is 9.59 Å². The van der Waals surface area contributed by atoms with Crippen LogP contribution in [0.25, 0.3) is 0 Å². The number of ketones is 1. The second kappa shape index (κ2) is 6.22. The summed E-state index contributed by atoms with van der Waals surface area (Å²) in [6.07, 6.45) is -0.115. The second-order valence-electron chi connectivity index (χ2n) is 2.45. The van der Waals surface area contributed by atoms with Crippen LogP contribution in [0.1, 0.15) is 20.3 Å². The van der Waals surface area contributed by atoms with Crippen LogP contribution in [0.15, 0.2) is 12.2 Å². The van der Waals surface area contributed by atoms with Gasteiger partial charge in [-0.15, -0.1) is 0 Å². The molecule has 0 aromatic heterocycles. The van der Waals surface area contributed by atoms with E-state index < -0.39 is 6.09 Å². The molecule has 0 aliphatic heterocycles. The van der Waals surface area contributed by atoms with Crippen molar-refractivity contribution in [2.24, 2.45) is 0 Å². The van der Waals surface area contributed by atoms with Crippen molar-refractivity contribution in [1.82, 2.24) is 5.32 Å². The summed E-state index contributed by atoms with van der Waals surface area (Å²) in [5, 5.41) is 2.42. The highest BCUT2D eigenvalue weighted by atomic mass is 16.5. The van der Waals surface area contributed by atoms with Gasteiger partial charge >= 0.3 is 6.09 Å². The van der Waals surface area contributed by atoms with Crippen molar-refractivity contribution in [3.05, 3.63) is 12.2 Å². The fourth-order valence-electron chi connectivity index (χ4n) is 0.710. The Labute approximate surface area is 78.0 Å². The molecule has 0 saturated carbocycles. The summed E-state index contributed by atoms with van der Waals surface area (Å²) in [6.45, 7) is 7.48. The molecule has 0 aromatic carbocycles. The van der Waals surface area contributed by atoms with E-state index in [2.05, 4.69) is 16.6 Å². The molecule has 0 aromatic rings.